The molecular formula is C21H23ClN2O2. The number of piperidine rings is 1. The summed E-state index contributed by atoms with van der Waals surface area (Å²) in [5, 5.41) is 3.84. The van der Waals surface area contributed by atoms with Gasteiger partial charge < -0.3 is 15.0 Å². The number of ether oxygens (including phenoxy) is 1. The highest BCUT2D eigenvalue weighted by Crippen LogP contribution is 2.31. The van der Waals surface area contributed by atoms with E-state index < -0.39 is 5.54 Å². The third kappa shape index (κ3) is 3.44. The van der Waals surface area contributed by atoms with E-state index in [2.05, 4.69) is 10.2 Å². The Labute approximate surface area is 159 Å². The molecular weight excluding hydrogens is 348 g/mol. The summed E-state index contributed by atoms with van der Waals surface area (Å²) in [6.07, 6.45) is 3.80. The standard InChI is InChI=1S/C21H23ClN2O2/c22-18-8-6-17(7-9-18)21(14-26-15-21)23-20(25)16-4-10-19(11-5-16)24-12-2-1-3-13-24/h4-11H,1-3,12-15H2,(H,23,25). The smallest absolute Gasteiger partial charge is 0.252 e. The van der Waals surface area contributed by atoms with E-state index in [-0.39, 0.29) is 5.91 Å². The van der Waals surface area contributed by atoms with Crippen molar-refractivity contribution >= 4 is 23.2 Å². The second kappa shape index (κ2) is 7.29. The van der Waals surface area contributed by atoms with Gasteiger partial charge in [-0.25, -0.2) is 0 Å². The van der Waals surface area contributed by atoms with Gasteiger partial charge in [0, 0.05) is 29.4 Å². The lowest BCUT2D eigenvalue weighted by atomic mass is 9.87. The van der Waals surface area contributed by atoms with Crippen molar-refractivity contribution in [3.63, 3.8) is 0 Å². The minimum Gasteiger partial charge on any atom is -0.376 e. The lowest BCUT2D eigenvalue weighted by molar-refractivity contribution is -0.0733. The van der Waals surface area contributed by atoms with Gasteiger partial charge in [0.05, 0.1) is 13.2 Å². The lowest BCUT2D eigenvalue weighted by Crippen LogP contribution is -2.59. The molecule has 2 aliphatic heterocycles. The maximum Gasteiger partial charge on any atom is 0.252 e. The number of anilines is 1. The van der Waals surface area contributed by atoms with Crippen LogP contribution in [-0.4, -0.2) is 32.2 Å². The number of nitrogens with zero attached hydrogens (tertiary/aromatic N) is 1. The highest BCUT2D eigenvalue weighted by molar-refractivity contribution is 6.30. The molecule has 0 aromatic heterocycles. The van der Waals surface area contributed by atoms with Crippen molar-refractivity contribution in [1.29, 1.82) is 0 Å². The van der Waals surface area contributed by atoms with Crippen LogP contribution in [0.4, 0.5) is 5.69 Å². The Morgan fingerprint density at radius 1 is 0.962 bits per heavy atom. The molecule has 0 atom stereocenters. The molecule has 1 amide bonds. The molecule has 0 radical (unpaired) electrons. The highest BCUT2D eigenvalue weighted by Gasteiger charge is 2.41. The zero-order valence-electron chi connectivity index (χ0n) is 14.7. The minimum atomic E-state index is -0.465. The van der Waals surface area contributed by atoms with Gasteiger partial charge in [0.2, 0.25) is 0 Å². The van der Waals surface area contributed by atoms with E-state index in [1.807, 2.05) is 48.5 Å². The zero-order chi connectivity index (χ0) is 18.0. The van der Waals surface area contributed by atoms with Crippen LogP contribution in [0.2, 0.25) is 5.02 Å². The van der Waals surface area contributed by atoms with E-state index in [1.54, 1.807) is 0 Å². The Morgan fingerprint density at radius 2 is 1.62 bits per heavy atom. The Balaban J connectivity index is 1.47. The number of amides is 1. The monoisotopic (exact) mass is 370 g/mol. The van der Waals surface area contributed by atoms with Crippen molar-refractivity contribution in [3.8, 4) is 0 Å². The molecule has 136 valence electrons. The van der Waals surface area contributed by atoms with Gasteiger partial charge in [-0.15, -0.1) is 0 Å². The van der Waals surface area contributed by atoms with Gasteiger partial charge >= 0.3 is 0 Å². The molecule has 2 aromatic rings. The van der Waals surface area contributed by atoms with E-state index in [9.17, 15) is 4.79 Å². The van der Waals surface area contributed by atoms with Crippen LogP contribution in [-0.2, 0) is 10.3 Å². The molecule has 2 heterocycles. The predicted molar refractivity (Wildman–Crippen MR) is 104 cm³/mol. The van der Waals surface area contributed by atoms with Crippen molar-refractivity contribution in [3.05, 3.63) is 64.7 Å². The second-order valence-electron chi connectivity index (χ2n) is 7.13. The number of hydrogen-bond donors (Lipinski definition) is 1. The van der Waals surface area contributed by atoms with Crippen LogP contribution < -0.4 is 10.2 Å². The van der Waals surface area contributed by atoms with Crippen LogP contribution >= 0.6 is 11.6 Å². The summed E-state index contributed by atoms with van der Waals surface area (Å²) < 4.78 is 5.40. The Hall–Kier alpha value is -2.04. The first kappa shape index (κ1) is 17.4. The summed E-state index contributed by atoms with van der Waals surface area (Å²) in [6, 6.07) is 15.5. The number of nitrogens with one attached hydrogen (secondary N) is 1. The minimum absolute atomic E-state index is 0.0755. The molecule has 26 heavy (non-hydrogen) atoms. The van der Waals surface area contributed by atoms with Gasteiger partial charge in [-0.05, 0) is 61.2 Å². The van der Waals surface area contributed by atoms with Crippen LogP contribution in [0.5, 0.6) is 0 Å². The van der Waals surface area contributed by atoms with E-state index in [0.29, 0.717) is 23.8 Å². The van der Waals surface area contributed by atoms with Gasteiger partial charge in [-0.1, -0.05) is 23.7 Å². The van der Waals surface area contributed by atoms with Crippen LogP contribution in [0.15, 0.2) is 48.5 Å². The summed E-state index contributed by atoms with van der Waals surface area (Å²) in [7, 11) is 0. The van der Waals surface area contributed by atoms with Crippen LogP contribution in [0.1, 0.15) is 35.2 Å². The maximum absolute atomic E-state index is 12.8. The first-order valence-corrected chi connectivity index (χ1v) is 9.55. The number of carbonyl (C=O) groups excluding carboxylic acids is 1. The van der Waals surface area contributed by atoms with Crippen LogP contribution in [0, 0.1) is 0 Å². The first-order valence-electron chi connectivity index (χ1n) is 9.18. The summed E-state index contributed by atoms with van der Waals surface area (Å²) in [6.45, 7) is 3.16. The van der Waals surface area contributed by atoms with Gasteiger partial charge in [0.25, 0.3) is 5.91 Å². The average Bonchev–Trinajstić information content (AvgIpc) is 2.66. The summed E-state index contributed by atoms with van der Waals surface area (Å²) in [5.41, 5.74) is 2.42. The van der Waals surface area contributed by atoms with Crippen molar-refractivity contribution in [2.45, 2.75) is 24.8 Å². The van der Waals surface area contributed by atoms with Crippen molar-refractivity contribution < 1.29 is 9.53 Å². The Bertz CT molecular complexity index is 764. The Morgan fingerprint density at radius 3 is 2.19 bits per heavy atom. The maximum atomic E-state index is 12.8. The van der Waals surface area contributed by atoms with Gasteiger partial charge in [-0.3, -0.25) is 4.79 Å². The molecule has 4 nitrogen and oxygen atoms in total. The lowest BCUT2D eigenvalue weighted by Gasteiger charge is -2.42. The number of carbonyl (C=O) groups is 1. The van der Waals surface area contributed by atoms with E-state index in [4.69, 9.17) is 16.3 Å². The molecule has 0 spiro atoms. The van der Waals surface area contributed by atoms with Gasteiger partial charge in [0.15, 0.2) is 0 Å². The molecule has 0 bridgehead atoms. The Kier molecular flexibility index (Phi) is 4.88. The molecule has 1 N–H and O–H groups in total. The number of benzene rings is 2. The van der Waals surface area contributed by atoms with E-state index >= 15 is 0 Å². The van der Waals surface area contributed by atoms with Crippen molar-refractivity contribution in [1.82, 2.24) is 5.32 Å². The molecule has 2 fully saturated rings. The fourth-order valence-corrected chi connectivity index (χ4v) is 3.78. The van der Waals surface area contributed by atoms with E-state index in [1.165, 1.54) is 24.9 Å². The topological polar surface area (TPSA) is 41.6 Å². The second-order valence-corrected chi connectivity index (χ2v) is 7.57. The highest BCUT2D eigenvalue weighted by atomic mass is 35.5. The van der Waals surface area contributed by atoms with Crippen LogP contribution in [0.25, 0.3) is 0 Å². The summed E-state index contributed by atoms with van der Waals surface area (Å²) in [5.74, 6) is -0.0755. The summed E-state index contributed by atoms with van der Waals surface area (Å²) >= 11 is 5.98. The SMILES string of the molecule is O=C(NC1(c2ccc(Cl)cc2)COC1)c1ccc(N2CCCCC2)cc1. The van der Waals surface area contributed by atoms with Crippen molar-refractivity contribution in [2.75, 3.05) is 31.2 Å². The third-order valence-electron chi connectivity index (χ3n) is 5.30. The van der Waals surface area contributed by atoms with Crippen LogP contribution in [0.3, 0.4) is 0 Å². The molecule has 2 aliphatic rings. The molecule has 4 rings (SSSR count). The fraction of sp³-hybridized carbons (Fsp3) is 0.381. The third-order valence-corrected chi connectivity index (χ3v) is 5.55. The molecule has 2 saturated heterocycles. The molecule has 0 saturated carbocycles. The summed E-state index contributed by atoms with van der Waals surface area (Å²) in [4.78, 5) is 15.2. The molecule has 0 aliphatic carbocycles. The molecule has 5 heteroatoms. The predicted octanol–water partition coefficient (Wildman–Crippen LogP) is 3.99. The fourth-order valence-electron chi connectivity index (χ4n) is 3.65. The normalized spacial score (nSPS) is 18.9. The molecule has 2 aromatic carbocycles. The number of halogens is 1. The average molecular weight is 371 g/mol. The number of hydrogen-bond acceptors (Lipinski definition) is 3. The van der Waals surface area contributed by atoms with E-state index in [0.717, 1.165) is 18.7 Å². The largest absolute Gasteiger partial charge is 0.376 e. The zero-order valence-corrected chi connectivity index (χ0v) is 15.5. The number of rotatable bonds is 4. The van der Waals surface area contributed by atoms with Gasteiger partial charge in [0.1, 0.15) is 5.54 Å². The first-order chi connectivity index (χ1) is 12.7. The molecule has 0 unspecified atom stereocenters. The van der Waals surface area contributed by atoms with Crippen molar-refractivity contribution in [2.24, 2.45) is 0 Å². The quantitative estimate of drug-likeness (QED) is 0.884. The van der Waals surface area contributed by atoms with Gasteiger partial charge in [-0.2, -0.15) is 0 Å².